The van der Waals surface area contributed by atoms with Crippen LogP contribution in [0.25, 0.3) is 5.57 Å². The molecule has 1 aliphatic carbocycles. The van der Waals surface area contributed by atoms with Gasteiger partial charge in [-0.25, -0.2) is 22.5 Å². The van der Waals surface area contributed by atoms with Crippen molar-refractivity contribution >= 4 is 61.8 Å². The third-order valence-electron chi connectivity index (χ3n) is 11.4. The second-order valence-corrected chi connectivity index (χ2v) is 18.7. The number of rotatable bonds is 13. The van der Waals surface area contributed by atoms with Gasteiger partial charge in [0.2, 0.25) is 0 Å². The predicted octanol–water partition coefficient (Wildman–Crippen LogP) is 8.97. The summed E-state index contributed by atoms with van der Waals surface area (Å²) in [5.41, 5.74) is 4.44. The van der Waals surface area contributed by atoms with Crippen LogP contribution in [-0.4, -0.2) is 81.6 Å². The van der Waals surface area contributed by atoms with Crippen molar-refractivity contribution in [2.24, 2.45) is 11.3 Å². The van der Waals surface area contributed by atoms with E-state index in [2.05, 4.69) is 46.1 Å². The molecule has 2 aliphatic heterocycles. The zero-order chi connectivity index (χ0) is 42.6. The van der Waals surface area contributed by atoms with Gasteiger partial charge in [-0.1, -0.05) is 54.8 Å². The minimum absolute atomic E-state index is 0.0626. The van der Waals surface area contributed by atoms with Crippen LogP contribution in [0, 0.1) is 27.3 Å². The van der Waals surface area contributed by atoms with E-state index >= 15 is 0 Å². The molecule has 17 heteroatoms. The average Bonchev–Trinajstić information content (AvgIpc) is 3.22. The Kier molecular flexibility index (Phi) is 13.3. The van der Waals surface area contributed by atoms with E-state index in [0.29, 0.717) is 43.6 Å². The molecule has 0 spiro atoms. The Morgan fingerprint density at radius 2 is 1.77 bits per heavy atom. The largest absolute Gasteiger partial charge is 0.455 e. The number of amides is 1. The Labute approximate surface area is 359 Å². The molecule has 3 aromatic carbocycles. The molecule has 0 unspecified atom stereocenters. The number of allylic oxidation sites excluding steroid dienone is 1. The van der Waals surface area contributed by atoms with E-state index in [1.165, 1.54) is 41.1 Å². The molecule has 7 rings (SSSR count). The normalized spacial score (nSPS) is 17.6. The number of halogens is 3. The molecular weight excluding hydrogens is 834 g/mol. The van der Waals surface area contributed by atoms with Crippen LogP contribution in [0.4, 0.5) is 21.5 Å². The fraction of sp³-hybridized carbons (Fsp3) is 0.395. The van der Waals surface area contributed by atoms with E-state index in [-0.39, 0.29) is 39.2 Å². The Morgan fingerprint density at radius 1 is 1.03 bits per heavy atom. The van der Waals surface area contributed by atoms with Crippen LogP contribution >= 0.6 is 23.2 Å². The van der Waals surface area contributed by atoms with Crippen molar-refractivity contribution in [3.8, 4) is 11.5 Å². The number of nitrogens with one attached hydrogen (secondary N) is 2. The third kappa shape index (κ3) is 10.6. The van der Waals surface area contributed by atoms with Crippen molar-refractivity contribution < 1.29 is 32.0 Å². The maximum absolute atomic E-state index is 14.4. The highest BCUT2D eigenvalue weighted by molar-refractivity contribution is 7.90. The number of ether oxygens (including phenoxy) is 2. The van der Waals surface area contributed by atoms with Crippen molar-refractivity contribution in [3.63, 3.8) is 0 Å². The summed E-state index contributed by atoms with van der Waals surface area (Å²) in [4.78, 5) is 33.0. The molecule has 1 aromatic heterocycles. The van der Waals surface area contributed by atoms with Crippen molar-refractivity contribution in [1.82, 2.24) is 14.6 Å². The highest BCUT2D eigenvalue weighted by Gasteiger charge is 2.31. The van der Waals surface area contributed by atoms with Crippen LogP contribution in [0.15, 0.2) is 83.4 Å². The summed E-state index contributed by atoms with van der Waals surface area (Å²) in [6.07, 6.45) is 5.90. The Morgan fingerprint density at radius 3 is 2.47 bits per heavy atom. The summed E-state index contributed by atoms with van der Waals surface area (Å²) in [7, 11) is -4.62. The number of sulfonamides is 1. The lowest BCUT2D eigenvalue weighted by atomic mass is 9.72. The van der Waals surface area contributed by atoms with E-state index in [1.54, 1.807) is 12.1 Å². The lowest BCUT2D eigenvalue weighted by Gasteiger charge is -2.39. The summed E-state index contributed by atoms with van der Waals surface area (Å²) in [5.74, 6) is -1.80. The second-order valence-electron chi connectivity index (χ2n) is 16.2. The molecule has 60 heavy (non-hydrogen) atoms. The lowest BCUT2D eigenvalue weighted by molar-refractivity contribution is -0.384. The molecule has 13 nitrogen and oxygen atoms in total. The van der Waals surface area contributed by atoms with E-state index in [0.717, 1.165) is 63.9 Å². The molecule has 0 atom stereocenters. The molecule has 3 heterocycles. The van der Waals surface area contributed by atoms with Gasteiger partial charge in [-0.15, -0.1) is 0 Å². The van der Waals surface area contributed by atoms with Gasteiger partial charge in [0.25, 0.3) is 21.6 Å². The van der Waals surface area contributed by atoms with Crippen molar-refractivity contribution in [2.75, 3.05) is 62.7 Å². The molecule has 2 fully saturated rings. The van der Waals surface area contributed by atoms with Gasteiger partial charge >= 0.3 is 0 Å². The van der Waals surface area contributed by atoms with Gasteiger partial charge < -0.3 is 19.7 Å². The summed E-state index contributed by atoms with van der Waals surface area (Å²) in [5, 5.41) is 15.4. The smallest absolute Gasteiger partial charge is 0.293 e. The number of nitro groups is 1. The fourth-order valence-electron chi connectivity index (χ4n) is 7.88. The molecule has 1 amide bonds. The van der Waals surface area contributed by atoms with Crippen molar-refractivity contribution in [1.29, 1.82) is 0 Å². The highest BCUT2D eigenvalue weighted by atomic mass is 35.5. The minimum atomic E-state index is -4.62. The topological polar surface area (TPSA) is 156 Å². The number of carbonyl (C=O) groups is 1. The standard InChI is InChI=1S/C43H47Cl2FN6O7S/c1-43(2)14-11-30(36(24-43)29-3-5-31(44)6-4-29)27-50-15-17-51(18-16-50)32-7-9-35(40(21-32)59-33-22-37(46)41(45)48-26-33)42(53)49-60(56,57)34-8-10-38(39(23-34)52(54)55)47-25-28-12-19-58-20-13-28/h3-10,21-23,26,28,47H,11-20,24-25,27H2,1-2H3,(H,49,53). The summed E-state index contributed by atoms with van der Waals surface area (Å²) >= 11 is 12.0. The van der Waals surface area contributed by atoms with Crippen LogP contribution in [0.3, 0.4) is 0 Å². The molecule has 0 saturated carbocycles. The average molecular weight is 882 g/mol. The van der Waals surface area contributed by atoms with Crippen LogP contribution in [0.5, 0.6) is 11.5 Å². The molecule has 4 aromatic rings. The van der Waals surface area contributed by atoms with E-state index < -0.39 is 37.3 Å². The van der Waals surface area contributed by atoms with Crippen LogP contribution in [0.2, 0.25) is 10.2 Å². The highest BCUT2D eigenvalue weighted by Crippen LogP contribution is 2.43. The maximum atomic E-state index is 14.4. The van der Waals surface area contributed by atoms with E-state index in [1.807, 2.05) is 16.9 Å². The van der Waals surface area contributed by atoms with Gasteiger partial charge in [-0.3, -0.25) is 19.8 Å². The number of carbonyl (C=O) groups excluding carboxylic acids is 1. The van der Waals surface area contributed by atoms with Gasteiger partial charge in [-0.2, -0.15) is 0 Å². The van der Waals surface area contributed by atoms with Crippen molar-refractivity contribution in [3.05, 3.63) is 116 Å². The first-order valence-electron chi connectivity index (χ1n) is 19.9. The maximum Gasteiger partial charge on any atom is 0.293 e. The molecule has 3 aliphatic rings. The van der Waals surface area contributed by atoms with Gasteiger partial charge in [-0.05, 0) is 91.0 Å². The van der Waals surface area contributed by atoms with Gasteiger partial charge in [0.15, 0.2) is 11.0 Å². The Balaban J connectivity index is 1.08. The quantitative estimate of drug-likeness (QED) is 0.0751. The summed E-state index contributed by atoms with van der Waals surface area (Å²) in [6.45, 7) is 9.98. The molecule has 2 saturated heterocycles. The number of anilines is 2. The Hall–Kier alpha value is -4.80. The number of pyridine rings is 1. The van der Waals surface area contributed by atoms with Gasteiger partial charge in [0, 0.05) is 81.4 Å². The molecule has 0 radical (unpaired) electrons. The van der Waals surface area contributed by atoms with Crippen LogP contribution in [-0.2, 0) is 14.8 Å². The summed E-state index contributed by atoms with van der Waals surface area (Å²) < 4.78 is 55.0. The van der Waals surface area contributed by atoms with Gasteiger partial charge in [0.1, 0.15) is 17.2 Å². The number of hydrogen-bond acceptors (Lipinski definition) is 11. The molecule has 0 bridgehead atoms. The van der Waals surface area contributed by atoms with Gasteiger partial charge in [0.05, 0.1) is 21.6 Å². The number of aromatic nitrogens is 1. The Bertz CT molecular complexity index is 2390. The lowest BCUT2D eigenvalue weighted by Crippen LogP contribution is -2.47. The zero-order valence-corrected chi connectivity index (χ0v) is 35.7. The van der Waals surface area contributed by atoms with E-state index in [4.69, 9.17) is 32.7 Å². The first kappa shape index (κ1) is 43.3. The molecule has 318 valence electrons. The minimum Gasteiger partial charge on any atom is -0.455 e. The fourth-order valence-corrected chi connectivity index (χ4v) is 9.10. The SMILES string of the molecule is CC1(C)CCC(CN2CCN(c3ccc(C(=O)NS(=O)(=O)c4ccc(NCC5CCOCC5)c([N+](=O)[O-])c4)c(Oc4cnc(Cl)c(F)c4)c3)CC2)=C(c2ccc(Cl)cc2)C1. The number of hydrogen-bond donors (Lipinski definition) is 2. The van der Waals surface area contributed by atoms with E-state index in [9.17, 15) is 27.7 Å². The third-order valence-corrected chi connectivity index (χ3v) is 13.2. The molecular formula is C43H47Cl2FN6O7S. The van der Waals surface area contributed by atoms with Crippen LogP contribution in [0.1, 0.15) is 61.9 Å². The predicted molar refractivity (Wildman–Crippen MR) is 230 cm³/mol. The number of benzene rings is 3. The van der Waals surface area contributed by atoms with Crippen molar-refractivity contribution in [2.45, 2.75) is 50.8 Å². The zero-order valence-electron chi connectivity index (χ0n) is 33.4. The van der Waals surface area contributed by atoms with Crippen LogP contribution < -0.4 is 19.7 Å². The first-order chi connectivity index (χ1) is 28.6. The summed E-state index contributed by atoms with van der Waals surface area (Å²) in [6, 6.07) is 17.2. The number of nitro benzene ring substituents is 1. The first-order valence-corrected chi connectivity index (χ1v) is 22.1. The monoisotopic (exact) mass is 880 g/mol. The number of piperazine rings is 1. The molecule has 2 N–H and O–H groups in total. The second kappa shape index (κ2) is 18.4. The number of nitrogens with zero attached hydrogens (tertiary/aromatic N) is 4.